The highest BCUT2D eigenvalue weighted by Crippen LogP contribution is 2.25. The third-order valence-corrected chi connectivity index (χ3v) is 4.68. The van der Waals surface area contributed by atoms with Crippen LogP contribution in [-0.4, -0.2) is 35.0 Å². The summed E-state index contributed by atoms with van der Waals surface area (Å²) in [5.41, 5.74) is 2.69. The van der Waals surface area contributed by atoms with E-state index in [0.717, 1.165) is 22.8 Å². The number of allylic oxidation sites excluding steroid dienone is 2. The summed E-state index contributed by atoms with van der Waals surface area (Å²) in [7, 11) is 1.96. The first-order valence-electron chi connectivity index (χ1n) is 9.15. The van der Waals surface area contributed by atoms with Crippen LogP contribution in [0.25, 0.3) is 0 Å². The van der Waals surface area contributed by atoms with Crippen molar-refractivity contribution in [3.63, 3.8) is 0 Å². The number of hydrogen-bond donors (Lipinski definition) is 1. The minimum absolute atomic E-state index is 0.0531. The highest BCUT2D eigenvalue weighted by molar-refractivity contribution is 5.99. The number of hydrazine groups is 1. The number of fused-ring (bicyclic) bond motifs is 1. The molecule has 142 valence electrons. The quantitative estimate of drug-likeness (QED) is 0.780. The van der Waals surface area contributed by atoms with Crippen LogP contribution in [0.15, 0.2) is 83.7 Å². The first kappa shape index (κ1) is 18.0. The molecule has 1 unspecified atom stereocenters. The maximum atomic E-state index is 11.4. The van der Waals surface area contributed by atoms with E-state index in [4.69, 9.17) is 9.73 Å². The van der Waals surface area contributed by atoms with Gasteiger partial charge in [-0.1, -0.05) is 30.3 Å². The molecular formula is C22H22N4O2. The molecule has 2 heterocycles. The number of carbonyl (C=O) groups excluding carboxylic acids is 1. The first-order valence-corrected chi connectivity index (χ1v) is 9.15. The van der Waals surface area contributed by atoms with E-state index in [9.17, 15) is 4.79 Å². The molecule has 0 amide bonds. The van der Waals surface area contributed by atoms with Crippen LogP contribution >= 0.6 is 0 Å². The number of ketones is 1. The average molecular weight is 374 g/mol. The second-order valence-corrected chi connectivity index (χ2v) is 6.67. The zero-order valence-electron chi connectivity index (χ0n) is 15.9. The summed E-state index contributed by atoms with van der Waals surface area (Å²) in [6.45, 7) is 2.05. The number of anilines is 1. The lowest BCUT2D eigenvalue weighted by Gasteiger charge is -2.29. The van der Waals surface area contributed by atoms with Gasteiger partial charge in [-0.3, -0.25) is 9.80 Å². The van der Waals surface area contributed by atoms with Gasteiger partial charge in [-0.05, 0) is 48.9 Å². The van der Waals surface area contributed by atoms with Crippen LogP contribution in [0, 0.1) is 0 Å². The molecule has 2 aromatic rings. The molecule has 0 fully saturated rings. The standard InChI is InChI=1S/C22H22N4O2/c1-16(27)18-10-12-19(13-11-18)23-22-24-21-20(9-6-14-26(21)25(22)2)28-15-17-7-4-3-5-8-17/h3-14,22-23H,15H2,1-2H3. The maximum absolute atomic E-state index is 11.4. The Morgan fingerprint density at radius 2 is 1.89 bits per heavy atom. The molecule has 0 bridgehead atoms. The lowest BCUT2D eigenvalue weighted by Crippen LogP contribution is -2.42. The van der Waals surface area contributed by atoms with E-state index >= 15 is 0 Å². The SMILES string of the molecule is CC(=O)c1ccc(NC2N=C3C(OCc4ccccc4)=CC=CN3N2C)cc1. The van der Waals surface area contributed by atoms with E-state index in [-0.39, 0.29) is 12.1 Å². The summed E-state index contributed by atoms with van der Waals surface area (Å²) in [5, 5.41) is 7.33. The van der Waals surface area contributed by atoms with Crippen LogP contribution in [0.2, 0.25) is 0 Å². The molecule has 6 nitrogen and oxygen atoms in total. The summed E-state index contributed by atoms with van der Waals surface area (Å²) >= 11 is 0. The Morgan fingerprint density at radius 3 is 2.61 bits per heavy atom. The molecule has 0 aromatic heterocycles. The van der Waals surface area contributed by atoms with Gasteiger partial charge < -0.3 is 10.1 Å². The molecule has 28 heavy (non-hydrogen) atoms. The summed E-state index contributed by atoms with van der Waals surface area (Å²) in [6.07, 6.45) is 5.55. The molecule has 2 aliphatic heterocycles. The van der Waals surface area contributed by atoms with Gasteiger partial charge in [-0.2, -0.15) is 5.01 Å². The normalized spacial score (nSPS) is 18.4. The molecule has 1 atom stereocenters. The molecule has 4 rings (SSSR count). The van der Waals surface area contributed by atoms with E-state index in [1.807, 2.05) is 90.0 Å². The minimum atomic E-state index is -0.273. The number of aliphatic imine (C=N–C) groups is 1. The summed E-state index contributed by atoms with van der Waals surface area (Å²) in [5.74, 6) is 1.55. The van der Waals surface area contributed by atoms with Gasteiger partial charge in [0.25, 0.3) is 0 Å². The Hall–Kier alpha value is -3.38. The van der Waals surface area contributed by atoms with Gasteiger partial charge in [0.1, 0.15) is 6.61 Å². The van der Waals surface area contributed by atoms with Gasteiger partial charge >= 0.3 is 0 Å². The van der Waals surface area contributed by atoms with Crippen molar-refractivity contribution in [1.82, 2.24) is 10.0 Å². The fraction of sp³-hybridized carbons (Fsp3) is 0.182. The minimum Gasteiger partial charge on any atom is -0.485 e. The molecule has 0 saturated heterocycles. The van der Waals surface area contributed by atoms with Gasteiger partial charge in [-0.15, -0.1) is 0 Å². The number of hydrogen-bond acceptors (Lipinski definition) is 6. The monoisotopic (exact) mass is 374 g/mol. The Kier molecular flexibility index (Phi) is 4.95. The number of amidine groups is 1. The maximum Gasteiger partial charge on any atom is 0.195 e. The summed E-state index contributed by atoms with van der Waals surface area (Å²) in [6, 6.07) is 17.5. The molecule has 2 aromatic carbocycles. The Labute approximate surface area is 164 Å². The number of benzene rings is 2. The Bertz CT molecular complexity index is 948. The predicted molar refractivity (Wildman–Crippen MR) is 109 cm³/mol. The number of ether oxygens (including phenoxy) is 1. The molecule has 2 aliphatic rings. The number of nitrogens with zero attached hydrogens (tertiary/aromatic N) is 3. The van der Waals surface area contributed by atoms with Crippen LogP contribution in [0.4, 0.5) is 5.69 Å². The summed E-state index contributed by atoms with van der Waals surface area (Å²) in [4.78, 5) is 16.2. The van der Waals surface area contributed by atoms with Gasteiger partial charge in [0.05, 0.1) is 0 Å². The van der Waals surface area contributed by atoms with E-state index < -0.39 is 0 Å². The fourth-order valence-corrected chi connectivity index (χ4v) is 3.09. The van der Waals surface area contributed by atoms with Gasteiger partial charge in [-0.25, -0.2) is 4.99 Å². The second-order valence-electron chi connectivity index (χ2n) is 6.67. The molecule has 0 aliphatic carbocycles. The molecule has 0 saturated carbocycles. The van der Waals surface area contributed by atoms with Crippen molar-refractivity contribution in [2.24, 2.45) is 4.99 Å². The van der Waals surface area contributed by atoms with Crippen molar-refractivity contribution in [2.45, 2.75) is 19.8 Å². The third kappa shape index (κ3) is 3.68. The van der Waals surface area contributed by atoms with Crippen LogP contribution in [0.3, 0.4) is 0 Å². The molecule has 6 heteroatoms. The largest absolute Gasteiger partial charge is 0.485 e. The Balaban J connectivity index is 1.47. The van der Waals surface area contributed by atoms with E-state index in [1.54, 1.807) is 6.92 Å². The topological polar surface area (TPSA) is 57.2 Å². The van der Waals surface area contributed by atoms with Crippen molar-refractivity contribution in [3.05, 3.63) is 89.8 Å². The Morgan fingerprint density at radius 1 is 1.14 bits per heavy atom. The molecule has 1 N–H and O–H groups in total. The van der Waals surface area contributed by atoms with Crippen LogP contribution < -0.4 is 5.32 Å². The summed E-state index contributed by atoms with van der Waals surface area (Å²) < 4.78 is 6.02. The van der Waals surface area contributed by atoms with E-state index in [2.05, 4.69) is 5.32 Å². The van der Waals surface area contributed by atoms with Gasteiger partial charge in [0.15, 0.2) is 23.7 Å². The second kappa shape index (κ2) is 7.70. The smallest absolute Gasteiger partial charge is 0.195 e. The van der Waals surface area contributed by atoms with Crippen LogP contribution in [0.1, 0.15) is 22.8 Å². The van der Waals surface area contributed by atoms with Gasteiger partial charge in [0, 0.05) is 24.5 Å². The average Bonchev–Trinajstić information content (AvgIpc) is 3.04. The highest BCUT2D eigenvalue weighted by Gasteiger charge is 2.33. The van der Waals surface area contributed by atoms with E-state index in [1.165, 1.54) is 0 Å². The lowest BCUT2D eigenvalue weighted by atomic mass is 10.1. The lowest BCUT2D eigenvalue weighted by molar-refractivity contribution is 0.101. The van der Waals surface area contributed by atoms with Crippen molar-refractivity contribution < 1.29 is 9.53 Å². The fourth-order valence-electron chi connectivity index (χ4n) is 3.09. The number of nitrogens with one attached hydrogen (secondary N) is 1. The number of Topliss-reactive ketones (excluding diaryl/α,β-unsaturated/α-hetero) is 1. The zero-order valence-corrected chi connectivity index (χ0v) is 15.9. The van der Waals surface area contributed by atoms with Crippen molar-refractivity contribution in [2.75, 3.05) is 12.4 Å². The third-order valence-electron chi connectivity index (χ3n) is 4.68. The van der Waals surface area contributed by atoms with Crippen LogP contribution in [-0.2, 0) is 11.3 Å². The first-order chi connectivity index (χ1) is 13.6. The van der Waals surface area contributed by atoms with Gasteiger partial charge in [0.2, 0.25) is 0 Å². The highest BCUT2D eigenvalue weighted by atomic mass is 16.5. The number of carbonyl (C=O) groups is 1. The van der Waals surface area contributed by atoms with Crippen molar-refractivity contribution in [1.29, 1.82) is 0 Å². The van der Waals surface area contributed by atoms with Crippen LogP contribution in [0.5, 0.6) is 0 Å². The van der Waals surface area contributed by atoms with Crippen molar-refractivity contribution >= 4 is 17.3 Å². The zero-order chi connectivity index (χ0) is 19.5. The number of rotatable bonds is 6. The predicted octanol–water partition coefficient (Wildman–Crippen LogP) is 3.77. The van der Waals surface area contributed by atoms with E-state index in [0.29, 0.717) is 12.2 Å². The van der Waals surface area contributed by atoms with Crippen molar-refractivity contribution in [3.8, 4) is 0 Å². The molecule has 0 radical (unpaired) electrons. The molecular weight excluding hydrogens is 352 g/mol. The molecule has 0 spiro atoms.